The van der Waals surface area contributed by atoms with Crippen molar-refractivity contribution >= 4 is 5.78 Å². The summed E-state index contributed by atoms with van der Waals surface area (Å²) in [4.78, 5) is 12.5. The van der Waals surface area contributed by atoms with Crippen molar-refractivity contribution < 1.29 is 4.79 Å². The fourth-order valence-corrected chi connectivity index (χ4v) is 2.31. The monoisotopic (exact) mass is 227 g/mol. The molecule has 1 fully saturated rings. The molecule has 1 aliphatic rings. The molecule has 0 amide bonds. The molecule has 0 aromatic heterocycles. The Morgan fingerprint density at radius 1 is 1.18 bits per heavy atom. The van der Waals surface area contributed by atoms with Gasteiger partial charge in [-0.3, -0.25) is 4.79 Å². The molecule has 0 saturated heterocycles. The fraction of sp³-hybridized carbons (Fsp3) is 0.467. The van der Waals surface area contributed by atoms with Gasteiger partial charge in [0.05, 0.1) is 6.07 Å². The SMILES string of the molecule is Cc1cc(C)c(C)c(C(=O)C2(C#N)CC2)c1C. The number of rotatable bonds is 2. The highest BCUT2D eigenvalue weighted by Gasteiger charge is 2.51. The van der Waals surface area contributed by atoms with Crippen molar-refractivity contribution in [3.05, 3.63) is 33.9 Å². The average Bonchev–Trinajstić information content (AvgIpc) is 3.07. The molecular weight excluding hydrogens is 210 g/mol. The lowest BCUT2D eigenvalue weighted by atomic mass is 9.86. The fourth-order valence-electron chi connectivity index (χ4n) is 2.31. The van der Waals surface area contributed by atoms with Crippen LogP contribution in [0.5, 0.6) is 0 Å². The van der Waals surface area contributed by atoms with E-state index in [4.69, 9.17) is 5.26 Å². The first-order valence-electron chi connectivity index (χ1n) is 5.96. The third kappa shape index (κ3) is 1.67. The van der Waals surface area contributed by atoms with Crippen molar-refractivity contribution in [1.29, 1.82) is 5.26 Å². The molecule has 0 bridgehead atoms. The summed E-state index contributed by atoms with van der Waals surface area (Å²) in [5.74, 6) is 0.0294. The van der Waals surface area contributed by atoms with E-state index in [1.807, 2.05) is 27.7 Å². The first-order chi connectivity index (χ1) is 7.93. The van der Waals surface area contributed by atoms with Crippen molar-refractivity contribution in [2.24, 2.45) is 5.41 Å². The molecule has 0 spiro atoms. The number of carbonyl (C=O) groups excluding carboxylic acids is 1. The Labute approximate surface area is 102 Å². The molecule has 88 valence electrons. The maximum Gasteiger partial charge on any atom is 0.183 e. The van der Waals surface area contributed by atoms with Crippen molar-refractivity contribution in [2.45, 2.75) is 40.5 Å². The van der Waals surface area contributed by atoms with Crippen LogP contribution >= 0.6 is 0 Å². The van der Waals surface area contributed by atoms with Crippen LogP contribution in [-0.2, 0) is 0 Å². The molecule has 0 unspecified atom stereocenters. The molecule has 0 radical (unpaired) electrons. The Morgan fingerprint density at radius 2 is 1.65 bits per heavy atom. The first-order valence-corrected chi connectivity index (χ1v) is 5.96. The summed E-state index contributed by atoms with van der Waals surface area (Å²) in [5, 5.41) is 9.14. The molecular formula is C15H17NO. The van der Waals surface area contributed by atoms with Gasteiger partial charge in [0.1, 0.15) is 5.41 Å². The minimum atomic E-state index is -0.713. The highest BCUT2D eigenvalue weighted by Crippen LogP contribution is 2.48. The van der Waals surface area contributed by atoms with Gasteiger partial charge in [-0.2, -0.15) is 5.26 Å². The van der Waals surface area contributed by atoms with Gasteiger partial charge in [-0.15, -0.1) is 0 Å². The summed E-state index contributed by atoms with van der Waals surface area (Å²) in [5.41, 5.74) is 4.38. The topological polar surface area (TPSA) is 40.9 Å². The molecule has 2 heteroatoms. The lowest BCUT2D eigenvalue weighted by Crippen LogP contribution is -2.17. The maximum absolute atomic E-state index is 12.5. The summed E-state index contributed by atoms with van der Waals surface area (Å²) < 4.78 is 0. The van der Waals surface area contributed by atoms with Crippen LogP contribution in [0.1, 0.15) is 45.5 Å². The minimum absolute atomic E-state index is 0.0294. The van der Waals surface area contributed by atoms with Gasteiger partial charge in [0.2, 0.25) is 0 Å². The van der Waals surface area contributed by atoms with Crippen LogP contribution in [0.15, 0.2) is 6.07 Å². The number of Topliss-reactive ketones (excluding diaryl/α,β-unsaturated/α-hetero) is 1. The van der Waals surface area contributed by atoms with E-state index < -0.39 is 5.41 Å². The second kappa shape index (κ2) is 3.70. The van der Waals surface area contributed by atoms with Gasteiger partial charge in [-0.1, -0.05) is 6.07 Å². The number of ketones is 1. The zero-order chi connectivity index (χ0) is 12.8. The second-order valence-corrected chi connectivity index (χ2v) is 5.16. The number of aryl methyl sites for hydroxylation is 2. The van der Waals surface area contributed by atoms with Gasteiger partial charge in [-0.05, 0) is 62.8 Å². The van der Waals surface area contributed by atoms with Crippen LogP contribution in [0.25, 0.3) is 0 Å². The number of benzene rings is 1. The van der Waals surface area contributed by atoms with E-state index in [0.29, 0.717) is 12.8 Å². The lowest BCUT2D eigenvalue weighted by Gasteiger charge is -2.16. The molecule has 1 aromatic rings. The van der Waals surface area contributed by atoms with E-state index in [2.05, 4.69) is 12.1 Å². The zero-order valence-electron chi connectivity index (χ0n) is 10.8. The molecule has 17 heavy (non-hydrogen) atoms. The van der Waals surface area contributed by atoms with Gasteiger partial charge >= 0.3 is 0 Å². The van der Waals surface area contributed by atoms with E-state index in [0.717, 1.165) is 27.8 Å². The van der Waals surface area contributed by atoms with Gasteiger partial charge in [0.25, 0.3) is 0 Å². The summed E-state index contributed by atoms with van der Waals surface area (Å²) in [6.07, 6.45) is 1.43. The minimum Gasteiger partial charge on any atom is -0.292 e. The van der Waals surface area contributed by atoms with Gasteiger partial charge < -0.3 is 0 Å². The van der Waals surface area contributed by atoms with Gasteiger partial charge in [0, 0.05) is 5.56 Å². The molecule has 0 N–H and O–H groups in total. The molecule has 1 aromatic carbocycles. The van der Waals surface area contributed by atoms with Crippen molar-refractivity contribution in [3.8, 4) is 6.07 Å². The molecule has 0 atom stereocenters. The van der Waals surface area contributed by atoms with E-state index in [9.17, 15) is 4.79 Å². The van der Waals surface area contributed by atoms with Crippen molar-refractivity contribution in [2.75, 3.05) is 0 Å². The molecule has 2 nitrogen and oxygen atoms in total. The van der Waals surface area contributed by atoms with Crippen LogP contribution in [0.3, 0.4) is 0 Å². The van der Waals surface area contributed by atoms with E-state index in [1.165, 1.54) is 0 Å². The average molecular weight is 227 g/mol. The standard InChI is InChI=1S/C15H17NO/c1-9-7-10(2)12(4)13(11(9)3)14(17)15(8-16)5-6-15/h7H,5-6H2,1-4H3. The molecule has 1 saturated carbocycles. The van der Waals surface area contributed by atoms with Crippen LogP contribution in [0.4, 0.5) is 0 Å². The predicted molar refractivity (Wildman–Crippen MR) is 67.0 cm³/mol. The number of carbonyl (C=O) groups is 1. The summed E-state index contributed by atoms with van der Waals surface area (Å²) in [6, 6.07) is 4.30. The Balaban J connectivity index is 2.61. The first kappa shape index (κ1) is 11.9. The number of hydrogen-bond donors (Lipinski definition) is 0. The number of nitriles is 1. The largest absolute Gasteiger partial charge is 0.292 e. The Morgan fingerprint density at radius 3 is 2.00 bits per heavy atom. The third-order valence-corrected chi connectivity index (χ3v) is 3.99. The Bertz CT molecular complexity index is 519. The maximum atomic E-state index is 12.5. The number of hydrogen-bond acceptors (Lipinski definition) is 2. The quantitative estimate of drug-likeness (QED) is 0.726. The Kier molecular flexibility index (Phi) is 2.58. The lowest BCUT2D eigenvalue weighted by molar-refractivity contribution is 0.0933. The predicted octanol–water partition coefficient (Wildman–Crippen LogP) is 3.41. The summed E-state index contributed by atoms with van der Waals surface area (Å²) >= 11 is 0. The molecule has 2 rings (SSSR count). The van der Waals surface area contributed by atoms with E-state index >= 15 is 0 Å². The summed E-state index contributed by atoms with van der Waals surface area (Å²) in [7, 11) is 0. The Hall–Kier alpha value is -1.62. The van der Waals surface area contributed by atoms with E-state index in [-0.39, 0.29) is 5.78 Å². The normalized spacial score (nSPS) is 16.4. The summed E-state index contributed by atoms with van der Waals surface area (Å²) in [6.45, 7) is 7.99. The van der Waals surface area contributed by atoms with Crippen LogP contribution in [0, 0.1) is 44.4 Å². The van der Waals surface area contributed by atoms with Crippen molar-refractivity contribution in [3.63, 3.8) is 0 Å². The highest BCUT2D eigenvalue weighted by molar-refractivity contribution is 6.06. The smallest absolute Gasteiger partial charge is 0.183 e. The molecule has 0 heterocycles. The van der Waals surface area contributed by atoms with Crippen LogP contribution < -0.4 is 0 Å². The second-order valence-electron chi connectivity index (χ2n) is 5.16. The molecule has 1 aliphatic carbocycles. The third-order valence-electron chi connectivity index (χ3n) is 3.99. The van der Waals surface area contributed by atoms with Gasteiger partial charge in [0.15, 0.2) is 5.78 Å². The number of nitrogens with zero attached hydrogens (tertiary/aromatic N) is 1. The zero-order valence-corrected chi connectivity index (χ0v) is 10.8. The highest BCUT2D eigenvalue weighted by atomic mass is 16.1. The molecule has 0 aliphatic heterocycles. The van der Waals surface area contributed by atoms with Gasteiger partial charge in [-0.25, -0.2) is 0 Å². The van der Waals surface area contributed by atoms with Crippen molar-refractivity contribution in [1.82, 2.24) is 0 Å². The van der Waals surface area contributed by atoms with E-state index in [1.54, 1.807) is 0 Å². The van der Waals surface area contributed by atoms with Crippen LogP contribution in [0.2, 0.25) is 0 Å². The van der Waals surface area contributed by atoms with Crippen LogP contribution in [-0.4, -0.2) is 5.78 Å².